The van der Waals surface area contributed by atoms with Crippen molar-refractivity contribution in [3.63, 3.8) is 0 Å². The number of rotatable bonds is 11. The standard InChI is InChI=1S/C22H33O3P/c1-20(2)14-8-4-3-5-13-19-26(23,24,22-17-11-7-12-18-22)25-21-15-9-6-10-16-21/h6-7,9-12,15-18,20,23-24H,3-5,8,13-14,19H2,1-2H3. The SMILES string of the molecule is CC(C)CCCCCCCP(O)(O)(Oc1ccccc1)c1ccccc1. The van der Waals surface area contributed by atoms with Crippen molar-refractivity contribution in [2.24, 2.45) is 5.92 Å². The van der Waals surface area contributed by atoms with Crippen molar-refractivity contribution in [2.75, 3.05) is 6.16 Å². The molecular weight excluding hydrogens is 343 g/mol. The molecule has 2 N–H and O–H groups in total. The third-order valence-corrected chi connectivity index (χ3v) is 7.71. The first-order chi connectivity index (χ1) is 12.4. The molecule has 0 amide bonds. The molecule has 26 heavy (non-hydrogen) atoms. The van der Waals surface area contributed by atoms with Gasteiger partial charge in [0.25, 0.3) is 0 Å². The molecule has 0 radical (unpaired) electrons. The minimum atomic E-state index is -4.44. The van der Waals surface area contributed by atoms with Gasteiger partial charge in [0, 0.05) is 0 Å². The van der Waals surface area contributed by atoms with Gasteiger partial charge in [-0.2, -0.15) is 0 Å². The maximum atomic E-state index is 11.3. The third-order valence-electron chi connectivity index (χ3n) is 4.66. The molecule has 0 unspecified atom stereocenters. The van der Waals surface area contributed by atoms with Gasteiger partial charge in [-0.25, -0.2) is 0 Å². The van der Waals surface area contributed by atoms with E-state index >= 15 is 0 Å². The van der Waals surface area contributed by atoms with Crippen molar-refractivity contribution in [1.29, 1.82) is 0 Å². The molecule has 0 aliphatic heterocycles. The molecule has 144 valence electrons. The van der Waals surface area contributed by atoms with Crippen molar-refractivity contribution in [3.05, 3.63) is 60.7 Å². The number of hydrogen-bond donors (Lipinski definition) is 2. The summed E-state index contributed by atoms with van der Waals surface area (Å²) in [5.41, 5.74) is 0. The van der Waals surface area contributed by atoms with Gasteiger partial charge in [0.1, 0.15) is 0 Å². The Morgan fingerprint density at radius 3 is 1.92 bits per heavy atom. The molecule has 2 aromatic carbocycles. The van der Waals surface area contributed by atoms with Crippen LogP contribution in [0.4, 0.5) is 0 Å². The molecule has 0 saturated heterocycles. The first-order valence-electron chi connectivity index (χ1n) is 9.71. The van der Waals surface area contributed by atoms with E-state index in [2.05, 4.69) is 13.8 Å². The maximum absolute atomic E-state index is 11.3. The Balaban J connectivity index is 2.00. The van der Waals surface area contributed by atoms with E-state index in [0.29, 0.717) is 11.1 Å². The van der Waals surface area contributed by atoms with Crippen LogP contribution in [0.5, 0.6) is 5.75 Å². The van der Waals surface area contributed by atoms with Crippen molar-refractivity contribution in [1.82, 2.24) is 0 Å². The van der Waals surface area contributed by atoms with Gasteiger partial charge in [0.2, 0.25) is 0 Å². The molecule has 0 aromatic heterocycles. The molecule has 0 saturated carbocycles. The predicted molar refractivity (Wildman–Crippen MR) is 112 cm³/mol. The van der Waals surface area contributed by atoms with Gasteiger partial charge in [-0.05, 0) is 0 Å². The van der Waals surface area contributed by atoms with E-state index in [1.54, 1.807) is 24.3 Å². The van der Waals surface area contributed by atoms with Crippen LogP contribution < -0.4 is 9.83 Å². The second-order valence-corrected chi connectivity index (χ2v) is 10.9. The molecule has 2 aromatic rings. The quantitative estimate of drug-likeness (QED) is 0.392. The van der Waals surface area contributed by atoms with Crippen LogP contribution in [0.1, 0.15) is 52.4 Å². The van der Waals surface area contributed by atoms with Crippen molar-refractivity contribution < 1.29 is 14.3 Å². The number of unbranched alkanes of at least 4 members (excludes halogenated alkanes) is 4. The summed E-state index contributed by atoms with van der Waals surface area (Å²) in [4.78, 5) is 22.7. The number of hydrogen-bond acceptors (Lipinski definition) is 3. The Hall–Kier alpha value is -1.41. The third kappa shape index (κ3) is 6.39. The minimum absolute atomic E-state index is 0.259. The van der Waals surface area contributed by atoms with E-state index in [4.69, 9.17) is 4.52 Å². The second kappa shape index (κ2) is 9.50. The zero-order chi connectivity index (χ0) is 18.9. The van der Waals surface area contributed by atoms with Gasteiger partial charge in [0.05, 0.1) is 0 Å². The molecule has 0 spiro atoms. The summed E-state index contributed by atoms with van der Waals surface area (Å²) in [5, 5.41) is 0.488. The molecule has 0 bridgehead atoms. The van der Waals surface area contributed by atoms with Crippen LogP contribution in [-0.2, 0) is 0 Å². The summed E-state index contributed by atoms with van der Waals surface area (Å²) in [6.45, 7) is 4.50. The Morgan fingerprint density at radius 1 is 0.769 bits per heavy atom. The molecule has 3 nitrogen and oxygen atoms in total. The Kier molecular flexibility index (Phi) is 7.64. The average Bonchev–Trinajstić information content (AvgIpc) is 2.62. The average molecular weight is 376 g/mol. The zero-order valence-corrected chi connectivity index (χ0v) is 16.9. The molecule has 0 atom stereocenters. The summed E-state index contributed by atoms with van der Waals surface area (Å²) in [6, 6.07) is 18.1. The number of benzene rings is 2. The van der Waals surface area contributed by atoms with Crippen molar-refractivity contribution in [2.45, 2.75) is 52.4 Å². The van der Waals surface area contributed by atoms with Crippen LogP contribution in [0.3, 0.4) is 0 Å². The predicted octanol–water partition coefficient (Wildman–Crippen LogP) is 5.67. The van der Waals surface area contributed by atoms with Crippen LogP contribution in [0, 0.1) is 5.92 Å². The van der Waals surface area contributed by atoms with Gasteiger partial charge in [-0.15, -0.1) is 0 Å². The van der Waals surface area contributed by atoms with Gasteiger partial charge in [0.15, 0.2) is 0 Å². The van der Waals surface area contributed by atoms with Crippen LogP contribution in [0.15, 0.2) is 60.7 Å². The van der Waals surface area contributed by atoms with Crippen LogP contribution in [-0.4, -0.2) is 15.9 Å². The van der Waals surface area contributed by atoms with E-state index in [1.807, 2.05) is 36.4 Å². The first-order valence-corrected chi connectivity index (χ1v) is 12.0. The fraction of sp³-hybridized carbons (Fsp3) is 0.455. The summed E-state index contributed by atoms with van der Waals surface area (Å²) < 4.78 is 5.88. The normalized spacial score (nSPS) is 13.3. The molecule has 0 heterocycles. The van der Waals surface area contributed by atoms with Crippen LogP contribution in [0.2, 0.25) is 0 Å². The van der Waals surface area contributed by atoms with Gasteiger partial charge >= 0.3 is 158 Å². The van der Waals surface area contributed by atoms with Crippen molar-refractivity contribution >= 4 is 12.6 Å². The fourth-order valence-electron chi connectivity index (χ4n) is 3.14. The van der Waals surface area contributed by atoms with Gasteiger partial charge in [-0.1, -0.05) is 0 Å². The van der Waals surface area contributed by atoms with E-state index in [1.165, 1.54) is 19.3 Å². The molecule has 0 aliphatic rings. The summed E-state index contributed by atoms with van der Waals surface area (Å²) in [6.07, 6.45) is 6.83. The molecule has 4 heteroatoms. The summed E-state index contributed by atoms with van der Waals surface area (Å²) in [5.74, 6) is 1.25. The molecule has 0 fully saturated rings. The van der Waals surface area contributed by atoms with Gasteiger partial charge in [-0.3, -0.25) is 0 Å². The zero-order valence-electron chi connectivity index (χ0n) is 16.1. The van der Waals surface area contributed by atoms with E-state index < -0.39 is 7.28 Å². The first kappa shape index (κ1) is 20.9. The molecule has 2 rings (SSSR count). The van der Waals surface area contributed by atoms with E-state index in [0.717, 1.165) is 25.2 Å². The summed E-state index contributed by atoms with van der Waals surface area (Å²) in [7, 11) is -4.44. The molecule has 0 aliphatic carbocycles. The Bertz CT molecular complexity index is 641. The monoisotopic (exact) mass is 376 g/mol. The topological polar surface area (TPSA) is 49.7 Å². The van der Waals surface area contributed by atoms with Gasteiger partial charge < -0.3 is 0 Å². The van der Waals surface area contributed by atoms with E-state index in [9.17, 15) is 9.79 Å². The molecular formula is C22H33O3P. The van der Waals surface area contributed by atoms with E-state index in [-0.39, 0.29) is 6.16 Å². The second-order valence-electron chi connectivity index (χ2n) is 7.53. The fourth-order valence-corrected chi connectivity index (χ4v) is 5.72. The Labute approximate surface area is 158 Å². The Morgan fingerprint density at radius 2 is 1.31 bits per heavy atom. The van der Waals surface area contributed by atoms with Crippen LogP contribution in [0.25, 0.3) is 0 Å². The summed E-state index contributed by atoms with van der Waals surface area (Å²) >= 11 is 0. The van der Waals surface area contributed by atoms with Crippen molar-refractivity contribution in [3.8, 4) is 5.75 Å². The number of para-hydroxylation sites is 1. The van der Waals surface area contributed by atoms with Crippen LogP contribution >= 0.6 is 7.28 Å².